The van der Waals surface area contributed by atoms with Crippen molar-refractivity contribution in [1.82, 2.24) is 4.31 Å². The zero-order chi connectivity index (χ0) is 18.3. The first-order valence-corrected chi connectivity index (χ1v) is 9.79. The minimum absolute atomic E-state index is 0.103. The first kappa shape index (κ1) is 20.2. The first-order valence-electron chi connectivity index (χ1n) is 7.94. The van der Waals surface area contributed by atoms with Crippen LogP contribution in [0.2, 0.25) is 0 Å². The van der Waals surface area contributed by atoms with E-state index in [1.165, 1.54) is 6.08 Å². The molecule has 0 unspecified atom stereocenters. The maximum atomic E-state index is 12.2. The van der Waals surface area contributed by atoms with E-state index in [0.29, 0.717) is 5.69 Å². The Morgan fingerprint density at radius 2 is 1.92 bits per heavy atom. The van der Waals surface area contributed by atoms with Gasteiger partial charge in [-0.3, -0.25) is 4.79 Å². The van der Waals surface area contributed by atoms with Crippen LogP contribution in [0, 0.1) is 6.92 Å². The molecule has 0 atom stereocenters. The molecule has 0 spiro atoms. The van der Waals surface area contributed by atoms with E-state index >= 15 is 0 Å². The van der Waals surface area contributed by atoms with Gasteiger partial charge in [-0.1, -0.05) is 6.08 Å². The Balaban J connectivity index is 2.85. The van der Waals surface area contributed by atoms with E-state index < -0.39 is 10.0 Å². The molecule has 0 bridgehead atoms. The predicted octanol–water partition coefficient (Wildman–Crippen LogP) is 2.23. The lowest BCUT2D eigenvalue weighted by Crippen LogP contribution is -2.37. The molecule has 7 heteroatoms. The average Bonchev–Trinajstić information content (AvgIpc) is 2.50. The second-order valence-corrected chi connectivity index (χ2v) is 7.55. The topological polar surface area (TPSA) is 69.7 Å². The highest BCUT2D eigenvalue weighted by atomic mass is 32.2. The van der Waals surface area contributed by atoms with Gasteiger partial charge in [0.1, 0.15) is 0 Å². The van der Waals surface area contributed by atoms with Crippen LogP contribution in [-0.2, 0) is 14.8 Å². The highest BCUT2D eigenvalue weighted by Crippen LogP contribution is 2.22. The van der Waals surface area contributed by atoms with Gasteiger partial charge in [0.2, 0.25) is 15.9 Å². The molecule has 0 saturated carbocycles. The van der Waals surface area contributed by atoms with Crippen LogP contribution in [0.5, 0.6) is 0 Å². The summed E-state index contributed by atoms with van der Waals surface area (Å²) in [5.74, 6) is -0.374. The van der Waals surface area contributed by atoms with Crippen LogP contribution in [0.1, 0.15) is 19.4 Å². The number of rotatable bonds is 9. The zero-order valence-corrected chi connectivity index (χ0v) is 15.7. The second kappa shape index (κ2) is 8.84. The first-order chi connectivity index (χ1) is 11.2. The van der Waals surface area contributed by atoms with Gasteiger partial charge >= 0.3 is 0 Å². The van der Waals surface area contributed by atoms with Gasteiger partial charge in [-0.2, -0.15) is 4.31 Å². The number of carbonyl (C=O) groups excluding carboxylic acids is 1. The fourth-order valence-corrected chi connectivity index (χ4v) is 3.11. The van der Waals surface area contributed by atoms with Gasteiger partial charge in [0.15, 0.2) is 0 Å². The van der Waals surface area contributed by atoms with Gasteiger partial charge in [0.25, 0.3) is 0 Å². The monoisotopic (exact) mass is 353 g/mol. The number of benzene rings is 1. The molecule has 0 fully saturated rings. The highest BCUT2D eigenvalue weighted by molar-refractivity contribution is 7.88. The Morgan fingerprint density at radius 3 is 2.38 bits per heavy atom. The Kier molecular flexibility index (Phi) is 7.44. The third-order valence-corrected chi connectivity index (χ3v) is 4.95. The summed E-state index contributed by atoms with van der Waals surface area (Å²) in [6.45, 7) is 11.3. The van der Waals surface area contributed by atoms with Gasteiger partial charge in [-0.25, -0.2) is 8.42 Å². The molecule has 0 saturated heterocycles. The number of nitrogens with one attached hydrogen (secondary N) is 1. The third kappa shape index (κ3) is 5.65. The van der Waals surface area contributed by atoms with Crippen LogP contribution in [0.3, 0.4) is 0 Å². The van der Waals surface area contributed by atoms with Crippen LogP contribution >= 0.6 is 0 Å². The van der Waals surface area contributed by atoms with E-state index in [0.717, 1.165) is 34.9 Å². The van der Waals surface area contributed by atoms with Crippen molar-refractivity contribution in [1.29, 1.82) is 0 Å². The summed E-state index contributed by atoms with van der Waals surface area (Å²) >= 11 is 0. The van der Waals surface area contributed by atoms with Crippen LogP contribution < -0.4 is 10.2 Å². The predicted molar refractivity (Wildman–Crippen MR) is 100.0 cm³/mol. The Bertz CT molecular complexity index is 682. The molecule has 6 nitrogen and oxygen atoms in total. The molecule has 0 aromatic heterocycles. The smallest absolute Gasteiger partial charge is 0.239 e. The largest absolute Gasteiger partial charge is 0.372 e. The fraction of sp³-hybridized carbons (Fsp3) is 0.471. The summed E-state index contributed by atoms with van der Waals surface area (Å²) in [5.41, 5.74) is 2.71. The lowest BCUT2D eigenvalue weighted by Gasteiger charge is -2.22. The minimum Gasteiger partial charge on any atom is -0.372 e. The van der Waals surface area contributed by atoms with Crippen molar-refractivity contribution in [2.24, 2.45) is 0 Å². The number of hydrogen-bond acceptors (Lipinski definition) is 4. The molecule has 1 rings (SSSR count). The maximum Gasteiger partial charge on any atom is 0.239 e. The molecule has 0 aliphatic rings. The lowest BCUT2D eigenvalue weighted by atomic mass is 10.1. The molecule has 24 heavy (non-hydrogen) atoms. The molecule has 1 amide bonds. The van der Waals surface area contributed by atoms with E-state index in [1.54, 1.807) is 0 Å². The van der Waals surface area contributed by atoms with Crippen molar-refractivity contribution < 1.29 is 13.2 Å². The van der Waals surface area contributed by atoms with Crippen LogP contribution in [-0.4, -0.2) is 51.1 Å². The Hall–Kier alpha value is -1.86. The molecular formula is C17H27N3O3S. The number of amides is 1. The van der Waals surface area contributed by atoms with Crippen LogP contribution in [0.15, 0.2) is 30.9 Å². The van der Waals surface area contributed by atoms with Gasteiger partial charge < -0.3 is 10.2 Å². The third-order valence-electron chi connectivity index (χ3n) is 3.73. The molecule has 0 radical (unpaired) electrons. The van der Waals surface area contributed by atoms with Crippen molar-refractivity contribution in [3.8, 4) is 0 Å². The summed E-state index contributed by atoms with van der Waals surface area (Å²) in [6.07, 6.45) is 2.53. The van der Waals surface area contributed by atoms with Gasteiger partial charge in [0.05, 0.1) is 12.8 Å². The standard InChI is InChI=1S/C17H27N3O3S/c1-6-11-20(24(5,22)23)13-17(21)18-16-10-9-15(12-14(16)4)19(7-2)8-3/h6,9-10,12H,1,7-8,11,13H2,2-5H3,(H,18,21). The molecule has 1 aromatic rings. The van der Waals surface area contributed by atoms with Gasteiger partial charge in [-0.05, 0) is 44.5 Å². The van der Waals surface area contributed by atoms with E-state index in [2.05, 4.69) is 30.6 Å². The summed E-state index contributed by atoms with van der Waals surface area (Å²) in [5, 5.41) is 2.78. The number of aryl methyl sites for hydroxylation is 1. The molecular weight excluding hydrogens is 326 g/mol. The molecule has 0 heterocycles. The van der Waals surface area contributed by atoms with E-state index in [9.17, 15) is 13.2 Å². The summed E-state index contributed by atoms with van der Waals surface area (Å²) < 4.78 is 24.4. The number of anilines is 2. The number of nitrogens with zero attached hydrogens (tertiary/aromatic N) is 2. The highest BCUT2D eigenvalue weighted by Gasteiger charge is 2.19. The Labute approximate surface area is 145 Å². The normalized spacial score (nSPS) is 11.4. The molecule has 134 valence electrons. The van der Waals surface area contributed by atoms with Crippen molar-refractivity contribution >= 4 is 27.3 Å². The minimum atomic E-state index is -3.45. The molecule has 1 aromatic carbocycles. The fourth-order valence-electron chi connectivity index (χ4n) is 2.38. The van der Waals surface area contributed by atoms with Gasteiger partial charge in [-0.15, -0.1) is 6.58 Å². The van der Waals surface area contributed by atoms with Crippen LogP contribution in [0.4, 0.5) is 11.4 Å². The van der Waals surface area contributed by atoms with E-state index in [1.807, 2.05) is 25.1 Å². The molecule has 1 N–H and O–H groups in total. The van der Waals surface area contributed by atoms with Crippen LogP contribution in [0.25, 0.3) is 0 Å². The zero-order valence-electron chi connectivity index (χ0n) is 14.9. The molecule has 0 aliphatic carbocycles. The second-order valence-electron chi connectivity index (χ2n) is 5.56. The quantitative estimate of drug-likeness (QED) is 0.691. The van der Waals surface area contributed by atoms with Crippen molar-refractivity contribution in [2.45, 2.75) is 20.8 Å². The van der Waals surface area contributed by atoms with Gasteiger partial charge in [0, 0.05) is 31.0 Å². The van der Waals surface area contributed by atoms with E-state index in [4.69, 9.17) is 0 Å². The summed E-state index contributed by atoms with van der Waals surface area (Å²) in [6, 6.07) is 5.81. The number of hydrogen-bond donors (Lipinski definition) is 1. The van der Waals surface area contributed by atoms with Crippen molar-refractivity contribution in [3.05, 3.63) is 36.4 Å². The SMILES string of the molecule is C=CCN(CC(=O)Nc1ccc(N(CC)CC)cc1C)S(C)(=O)=O. The van der Waals surface area contributed by atoms with Crippen molar-refractivity contribution in [3.63, 3.8) is 0 Å². The number of sulfonamides is 1. The lowest BCUT2D eigenvalue weighted by molar-refractivity contribution is -0.116. The number of carbonyl (C=O) groups is 1. The summed E-state index contributed by atoms with van der Waals surface area (Å²) in [4.78, 5) is 14.4. The van der Waals surface area contributed by atoms with Crippen molar-refractivity contribution in [2.75, 3.05) is 42.7 Å². The maximum absolute atomic E-state index is 12.2. The molecule has 0 aliphatic heterocycles. The van der Waals surface area contributed by atoms with E-state index in [-0.39, 0.29) is 19.0 Å². The Morgan fingerprint density at radius 1 is 1.29 bits per heavy atom. The average molecular weight is 353 g/mol. The summed E-state index contributed by atoms with van der Waals surface area (Å²) in [7, 11) is -3.45.